The normalized spacial score (nSPS) is 12.5. The molecule has 0 fully saturated rings. The SMILES string of the molecule is CC/C=C\C/C=C\C/C=C\C(CCCCCCC(=O)O)OC(=O)CCCCCCCCCCCCCCCCCCCCCCCCCC. The van der Waals surface area contributed by atoms with E-state index in [1.54, 1.807) is 0 Å². The summed E-state index contributed by atoms with van der Waals surface area (Å²) in [5.41, 5.74) is 0. The molecule has 0 aliphatic rings. The van der Waals surface area contributed by atoms with E-state index >= 15 is 0 Å². The molecule has 0 aliphatic heterocycles. The zero-order valence-electron chi connectivity index (χ0n) is 32.8. The molecule has 0 saturated carbocycles. The summed E-state index contributed by atoms with van der Waals surface area (Å²) >= 11 is 0. The van der Waals surface area contributed by atoms with Gasteiger partial charge in [0.2, 0.25) is 0 Å². The molecule has 0 aromatic carbocycles. The molecule has 0 saturated heterocycles. The van der Waals surface area contributed by atoms with Crippen LogP contribution in [0.15, 0.2) is 36.5 Å². The molecule has 0 aromatic heterocycles. The van der Waals surface area contributed by atoms with Crippen LogP contribution in [-0.4, -0.2) is 23.1 Å². The van der Waals surface area contributed by atoms with Crippen LogP contribution in [0.3, 0.4) is 0 Å². The minimum Gasteiger partial charge on any atom is -0.481 e. The van der Waals surface area contributed by atoms with Gasteiger partial charge in [0.1, 0.15) is 6.10 Å². The average molecular weight is 687 g/mol. The predicted molar refractivity (Wildman–Crippen MR) is 213 cm³/mol. The molecule has 1 N–H and O–H groups in total. The summed E-state index contributed by atoms with van der Waals surface area (Å²) in [5.74, 6) is -0.812. The minimum atomic E-state index is -0.728. The standard InChI is InChI=1S/C45H82O4/c1-3-5-7-9-11-13-14-15-16-17-18-19-20-21-22-23-24-25-26-27-28-30-32-38-42-45(48)49-43(40-36-33-34-37-41-44(46)47)39-35-31-29-12-10-8-6-4-2/h6,8,12,29,35,39,43H,3-5,7,9-11,13-28,30-34,36-38,40-42H2,1-2H3,(H,46,47)/b8-6-,29-12-,39-35-. The highest BCUT2D eigenvalue weighted by molar-refractivity contribution is 5.69. The summed E-state index contributed by atoms with van der Waals surface area (Å²) in [7, 11) is 0. The Morgan fingerprint density at radius 1 is 0.469 bits per heavy atom. The van der Waals surface area contributed by atoms with Gasteiger partial charge in [-0.05, 0) is 51.0 Å². The van der Waals surface area contributed by atoms with Crippen LogP contribution in [0.4, 0.5) is 0 Å². The number of ether oxygens (including phenoxy) is 1. The number of unbranched alkanes of at least 4 members (excludes halogenated alkanes) is 26. The molecular formula is C45H82O4. The molecule has 0 aliphatic carbocycles. The van der Waals surface area contributed by atoms with E-state index in [9.17, 15) is 9.59 Å². The van der Waals surface area contributed by atoms with Crippen molar-refractivity contribution in [2.24, 2.45) is 0 Å². The Hall–Kier alpha value is -1.84. The van der Waals surface area contributed by atoms with E-state index < -0.39 is 5.97 Å². The summed E-state index contributed by atoms with van der Waals surface area (Å²) < 4.78 is 5.85. The zero-order valence-corrected chi connectivity index (χ0v) is 32.8. The predicted octanol–water partition coefficient (Wildman–Crippen LogP) is 15.0. The van der Waals surface area contributed by atoms with Crippen LogP contribution in [-0.2, 0) is 14.3 Å². The number of rotatable bonds is 39. The Balaban J connectivity index is 3.76. The fourth-order valence-corrected chi connectivity index (χ4v) is 6.47. The molecule has 286 valence electrons. The lowest BCUT2D eigenvalue weighted by atomic mass is 10.0. The van der Waals surface area contributed by atoms with Crippen molar-refractivity contribution in [3.8, 4) is 0 Å². The highest BCUT2D eigenvalue weighted by Crippen LogP contribution is 2.17. The molecule has 0 heterocycles. The van der Waals surface area contributed by atoms with Gasteiger partial charge in [-0.15, -0.1) is 0 Å². The van der Waals surface area contributed by atoms with E-state index in [0.717, 1.165) is 57.8 Å². The van der Waals surface area contributed by atoms with E-state index in [-0.39, 0.29) is 18.5 Å². The van der Waals surface area contributed by atoms with E-state index in [2.05, 4.69) is 44.2 Å². The van der Waals surface area contributed by atoms with Gasteiger partial charge < -0.3 is 9.84 Å². The zero-order chi connectivity index (χ0) is 35.7. The maximum atomic E-state index is 12.6. The van der Waals surface area contributed by atoms with Crippen molar-refractivity contribution in [1.29, 1.82) is 0 Å². The summed E-state index contributed by atoms with van der Waals surface area (Å²) in [5, 5.41) is 8.83. The number of carbonyl (C=O) groups is 2. The molecule has 4 heteroatoms. The Labute approximate surface area is 305 Å². The number of hydrogen-bond acceptors (Lipinski definition) is 3. The van der Waals surface area contributed by atoms with Crippen molar-refractivity contribution in [3.63, 3.8) is 0 Å². The second kappa shape index (κ2) is 40.6. The Bertz CT molecular complexity index is 783. The first-order valence-corrected chi connectivity index (χ1v) is 21.5. The van der Waals surface area contributed by atoms with E-state index in [4.69, 9.17) is 9.84 Å². The second-order valence-corrected chi connectivity index (χ2v) is 14.5. The smallest absolute Gasteiger partial charge is 0.306 e. The number of carbonyl (C=O) groups excluding carboxylic acids is 1. The quantitative estimate of drug-likeness (QED) is 0.0397. The number of aliphatic carboxylic acids is 1. The van der Waals surface area contributed by atoms with Crippen molar-refractivity contribution in [2.75, 3.05) is 0 Å². The van der Waals surface area contributed by atoms with Crippen LogP contribution in [0, 0.1) is 0 Å². The molecule has 1 atom stereocenters. The van der Waals surface area contributed by atoms with Gasteiger partial charge in [0, 0.05) is 12.8 Å². The Morgan fingerprint density at radius 3 is 1.27 bits per heavy atom. The molecule has 0 amide bonds. The average Bonchev–Trinajstić information content (AvgIpc) is 3.09. The number of carboxylic acids is 1. The van der Waals surface area contributed by atoms with E-state index in [1.165, 1.54) is 141 Å². The highest BCUT2D eigenvalue weighted by Gasteiger charge is 2.11. The third-order valence-electron chi connectivity index (χ3n) is 9.61. The maximum absolute atomic E-state index is 12.6. The number of allylic oxidation sites excluding steroid dienone is 5. The van der Waals surface area contributed by atoms with E-state index in [0.29, 0.717) is 12.8 Å². The molecule has 49 heavy (non-hydrogen) atoms. The summed E-state index contributed by atoms with van der Waals surface area (Å²) in [6.45, 7) is 4.43. The highest BCUT2D eigenvalue weighted by atomic mass is 16.5. The summed E-state index contributed by atoms with van der Waals surface area (Å²) in [6, 6.07) is 0. The Kier molecular flexibility index (Phi) is 39.1. The van der Waals surface area contributed by atoms with Gasteiger partial charge in [-0.1, -0.05) is 205 Å². The largest absolute Gasteiger partial charge is 0.481 e. The second-order valence-electron chi connectivity index (χ2n) is 14.5. The fourth-order valence-electron chi connectivity index (χ4n) is 6.47. The van der Waals surface area contributed by atoms with Gasteiger partial charge >= 0.3 is 11.9 Å². The van der Waals surface area contributed by atoms with Gasteiger partial charge in [-0.2, -0.15) is 0 Å². The first kappa shape index (κ1) is 47.2. The van der Waals surface area contributed by atoms with Crippen LogP contribution in [0.1, 0.15) is 232 Å². The van der Waals surface area contributed by atoms with Crippen molar-refractivity contribution in [2.45, 2.75) is 238 Å². The van der Waals surface area contributed by atoms with Gasteiger partial charge in [-0.3, -0.25) is 9.59 Å². The molecule has 4 nitrogen and oxygen atoms in total. The van der Waals surface area contributed by atoms with Gasteiger partial charge in [-0.25, -0.2) is 0 Å². The van der Waals surface area contributed by atoms with Crippen molar-refractivity contribution < 1.29 is 19.4 Å². The lowest BCUT2D eigenvalue weighted by Gasteiger charge is -2.14. The third-order valence-corrected chi connectivity index (χ3v) is 9.61. The van der Waals surface area contributed by atoms with Crippen LogP contribution >= 0.6 is 0 Å². The van der Waals surface area contributed by atoms with E-state index in [1.807, 2.05) is 6.08 Å². The molecular weight excluding hydrogens is 604 g/mol. The number of esters is 1. The first-order valence-electron chi connectivity index (χ1n) is 21.5. The van der Waals surface area contributed by atoms with Crippen molar-refractivity contribution >= 4 is 11.9 Å². The Morgan fingerprint density at radius 2 is 0.837 bits per heavy atom. The minimum absolute atomic E-state index is 0.0837. The summed E-state index contributed by atoms with van der Waals surface area (Å²) in [6.07, 6.45) is 53.6. The van der Waals surface area contributed by atoms with Gasteiger partial charge in [0.25, 0.3) is 0 Å². The van der Waals surface area contributed by atoms with Crippen molar-refractivity contribution in [3.05, 3.63) is 36.5 Å². The fraction of sp³-hybridized carbons (Fsp3) is 0.822. The molecule has 0 bridgehead atoms. The maximum Gasteiger partial charge on any atom is 0.306 e. The van der Waals surface area contributed by atoms with Crippen LogP contribution in [0.2, 0.25) is 0 Å². The monoisotopic (exact) mass is 687 g/mol. The topological polar surface area (TPSA) is 63.6 Å². The summed E-state index contributed by atoms with van der Waals surface area (Å²) in [4.78, 5) is 23.3. The number of carboxylic acid groups (broad SMARTS) is 1. The first-order chi connectivity index (χ1) is 24.1. The lowest BCUT2D eigenvalue weighted by Crippen LogP contribution is -2.16. The molecule has 0 radical (unpaired) electrons. The van der Waals surface area contributed by atoms with Gasteiger partial charge in [0.15, 0.2) is 0 Å². The van der Waals surface area contributed by atoms with Crippen molar-refractivity contribution in [1.82, 2.24) is 0 Å². The molecule has 0 aromatic rings. The molecule has 1 unspecified atom stereocenters. The number of hydrogen-bond donors (Lipinski definition) is 1. The molecule has 0 rings (SSSR count). The van der Waals surface area contributed by atoms with Crippen LogP contribution in [0.5, 0.6) is 0 Å². The van der Waals surface area contributed by atoms with Crippen LogP contribution in [0.25, 0.3) is 0 Å². The molecule has 0 spiro atoms. The third kappa shape index (κ3) is 40.5. The lowest BCUT2D eigenvalue weighted by molar-refractivity contribution is -0.147. The van der Waals surface area contributed by atoms with Gasteiger partial charge in [0.05, 0.1) is 0 Å². The van der Waals surface area contributed by atoms with Crippen LogP contribution < -0.4 is 0 Å².